The minimum atomic E-state index is 0.165. The summed E-state index contributed by atoms with van der Waals surface area (Å²) in [7, 11) is 0. The van der Waals surface area contributed by atoms with Gasteiger partial charge in [-0.05, 0) is 43.7 Å². The Morgan fingerprint density at radius 1 is 1.28 bits per heavy atom. The van der Waals surface area contributed by atoms with Gasteiger partial charge in [-0.2, -0.15) is 0 Å². The van der Waals surface area contributed by atoms with Gasteiger partial charge in [0.1, 0.15) is 0 Å². The highest BCUT2D eigenvalue weighted by Gasteiger charge is 2.45. The lowest BCUT2D eigenvalue weighted by molar-refractivity contribution is -0.00722. The zero-order valence-corrected chi connectivity index (χ0v) is 11.9. The third-order valence-corrected chi connectivity index (χ3v) is 4.52. The number of carbonyl (C=O) groups is 1. The Morgan fingerprint density at radius 2 is 2.00 bits per heavy atom. The van der Waals surface area contributed by atoms with Crippen molar-refractivity contribution >= 4 is 21.8 Å². The van der Waals surface area contributed by atoms with E-state index in [2.05, 4.69) is 21.2 Å². The summed E-state index contributed by atoms with van der Waals surface area (Å²) in [6.45, 7) is 4.02. The second-order valence-electron chi connectivity index (χ2n) is 5.45. The van der Waals surface area contributed by atoms with Gasteiger partial charge in [-0.1, -0.05) is 15.9 Å². The molecule has 0 unspecified atom stereocenters. The van der Waals surface area contributed by atoms with Gasteiger partial charge in [0.05, 0.1) is 0 Å². The number of amides is 1. The number of piperidine rings is 1. The molecule has 1 N–H and O–H groups in total. The molecule has 1 aromatic rings. The fourth-order valence-electron chi connectivity index (χ4n) is 2.98. The molecule has 2 aliphatic rings. The van der Waals surface area contributed by atoms with Crippen LogP contribution >= 0.6 is 15.9 Å². The van der Waals surface area contributed by atoms with Gasteiger partial charge in [0.25, 0.3) is 5.91 Å². The van der Waals surface area contributed by atoms with E-state index in [4.69, 9.17) is 0 Å². The number of likely N-dealkylation sites (tertiary alicyclic amines) is 1. The largest absolute Gasteiger partial charge is 0.337 e. The SMILES string of the molecule is O=C(c1ccc(Br)cc1)N1CC2(CCCNC2)C1. The summed E-state index contributed by atoms with van der Waals surface area (Å²) in [6, 6.07) is 7.61. The quantitative estimate of drug-likeness (QED) is 0.863. The van der Waals surface area contributed by atoms with Crippen molar-refractivity contribution in [2.45, 2.75) is 12.8 Å². The van der Waals surface area contributed by atoms with E-state index < -0.39 is 0 Å². The molecule has 2 fully saturated rings. The van der Waals surface area contributed by atoms with Crippen molar-refractivity contribution in [3.8, 4) is 0 Å². The Kier molecular flexibility index (Phi) is 3.16. The zero-order chi connectivity index (χ0) is 12.6. The summed E-state index contributed by atoms with van der Waals surface area (Å²) in [5.74, 6) is 0.165. The van der Waals surface area contributed by atoms with E-state index >= 15 is 0 Å². The van der Waals surface area contributed by atoms with E-state index in [9.17, 15) is 4.79 Å². The monoisotopic (exact) mass is 308 g/mol. The Morgan fingerprint density at radius 3 is 2.61 bits per heavy atom. The van der Waals surface area contributed by atoms with Gasteiger partial charge in [0.15, 0.2) is 0 Å². The van der Waals surface area contributed by atoms with Crippen LogP contribution in [0.25, 0.3) is 0 Å². The number of benzene rings is 1. The van der Waals surface area contributed by atoms with E-state index in [0.29, 0.717) is 5.41 Å². The Labute approximate surface area is 116 Å². The minimum Gasteiger partial charge on any atom is -0.337 e. The first-order valence-corrected chi connectivity index (χ1v) is 7.23. The average Bonchev–Trinajstić information content (AvgIpc) is 2.37. The molecule has 3 nitrogen and oxygen atoms in total. The van der Waals surface area contributed by atoms with Crippen molar-refractivity contribution in [3.05, 3.63) is 34.3 Å². The molecule has 2 heterocycles. The number of hydrogen-bond acceptors (Lipinski definition) is 2. The zero-order valence-electron chi connectivity index (χ0n) is 10.3. The Bertz CT molecular complexity index is 443. The normalized spacial score (nSPS) is 21.7. The van der Waals surface area contributed by atoms with Crippen LogP contribution in [-0.2, 0) is 0 Å². The third kappa shape index (κ3) is 2.19. The lowest BCUT2D eigenvalue weighted by Gasteiger charge is -2.52. The number of rotatable bonds is 1. The molecule has 0 aliphatic carbocycles. The molecule has 1 amide bonds. The third-order valence-electron chi connectivity index (χ3n) is 3.99. The molecular formula is C14H17BrN2O. The molecule has 18 heavy (non-hydrogen) atoms. The molecule has 2 saturated heterocycles. The molecule has 0 atom stereocenters. The van der Waals surface area contributed by atoms with Crippen LogP contribution in [0, 0.1) is 5.41 Å². The number of hydrogen-bond donors (Lipinski definition) is 1. The molecule has 96 valence electrons. The van der Waals surface area contributed by atoms with Crippen LogP contribution in [0.5, 0.6) is 0 Å². The lowest BCUT2D eigenvalue weighted by atomic mass is 9.74. The molecule has 2 aliphatic heterocycles. The number of nitrogens with one attached hydrogen (secondary N) is 1. The van der Waals surface area contributed by atoms with E-state index in [1.165, 1.54) is 12.8 Å². The summed E-state index contributed by atoms with van der Waals surface area (Å²) < 4.78 is 1.01. The van der Waals surface area contributed by atoms with Gasteiger partial charge in [0, 0.05) is 35.1 Å². The highest BCUT2D eigenvalue weighted by molar-refractivity contribution is 9.10. The minimum absolute atomic E-state index is 0.165. The summed E-state index contributed by atoms with van der Waals surface area (Å²) in [6.07, 6.45) is 2.49. The van der Waals surface area contributed by atoms with Crippen LogP contribution < -0.4 is 5.32 Å². The maximum atomic E-state index is 12.3. The molecule has 1 aromatic carbocycles. The first-order chi connectivity index (χ1) is 8.69. The van der Waals surface area contributed by atoms with Gasteiger partial charge in [-0.25, -0.2) is 0 Å². The first-order valence-electron chi connectivity index (χ1n) is 6.44. The summed E-state index contributed by atoms with van der Waals surface area (Å²) in [4.78, 5) is 14.2. The predicted octanol–water partition coefficient (Wildman–Crippen LogP) is 2.27. The van der Waals surface area contributed by atoms with Crippen molar-refractivity contribution in [2.75, 3.05) is 26.2 Å². The van der Waals surface area contributed by atoms with Crippen LogP contribution in [-0.4, -0.2) is 37.0 Å². The smallest absolute Gasteiger partial charge is 0.253 e. The number of nitrogens with zero attached hydrogens (tertiary/aromatic N) is 1. The van der Waals surface area contributed by atoms with Crippen molar-refractivity contribution < 1.29 is 4.79 Å². The summed E-state index contributed by atoms with van der Waals surface area (Å²) in [5.41, 5.74) is 1.15. The van der Waals surface area contributed by atoms with Crippen LogP contribution in [0.2, 0.25) is 0 Å². The maximum Gasteiger partial charge on any atom is 0.253 e. The van der Waals surface area contributed by atoms with Crippen molar-refractivity contribution in [2.24, 2.45) is 5.41 Å². The standard InChI is InChI=1S/C14H17BrN2O/c15-12-4-2-11(3-5-12)13(18)17-9-14(10-17)6-1-7-16-8-14/h2-5,16H,1,6-10H2. The maximum absolute atomic E-state index is 12.3. The van der Waals surface area contributed by atoms with E-state index in [1.54, 1.807) is 0 Å². The second-order valence-corrected chi connectivity index (χ2v) is 6.36. The lowest BCUT2D eigenvalue weighted by Crippen LogP contribution is -2.63. The molecule has 1 spiro atoms. The Balaban J connectivity index is 1.64. The molecule has 0 radical (unpaired) electrons. The van der Waals surface area contributed by atoms with Crippen molar-refractivity contribution in [1.82, 2.24) is 10.2 Å². The van der Waals surface area contributed by atoms with E-state index in [-0.39, 0.29) is 5.91 Å². The number of carbonyl (C=O) groups excluding carboxylic acids is 1. The topological polar surface area (TPSA) is 32.3 Å². The first kappa shape index (κ1) is 12.2. The molecule has 0 aromatic heterocycles. The molecule has 3 rings (SSSR count). The van der Waals surface area contributed by atoms with Crippen LogP contribution in [0.15, 0.2) is 28.7 Å². The Hall–Kier alpha value is -0.870. The number of halogens is 1. The fraction of sp³-hybridized carbons (Fsp3) is 0.500. The van der Waals surface area contributed by atoms with Gasteiger partial charge in [-0.15, -0.1) is 0 Å². The second kappa shape index (κ2) is 4.67. The fourth-order valence-corrected chi connectivity index (χ4v) is 3.25. The van der Waals surface area contributed by atoms with E-state index in [1.807, 2.05) is 29.2 Å². The van der Waals surface area contributed by atoms with Gasteiger partial charge in [-0.3, -0.25) is 4.79 Å². The summed E-state index contributed by atoms with van der Waals surface area (Å²) in [5, 5.41) is 3.44. The predicted molar refractivity (Wildman–Crippen MR) is 74.6 cm³/mol. The van der Waals surface area contributed by atoms with Crippen molar-refractivity contribution in [1.29, 1.82) is 0 Å². The van der Waals surface area contributed by atoms with Crippen molar-refractivity contribution in [3.63, 3.8) is 0 Å². The molecular weight excluding hydrogens is 292 g/mol. The molecule has 0 saturated carbocycles. The van der Waals surface area contributed by atoms with Crippen LogP contribution in [0.4, 0.5) is 0 Å². The highest BCUT2D eigenvalue weighted by atomic mass is 79.9. The van der Waals surface area contributed by atoms with Crippen LogP contribution in [0.3, 0.4) is 0 Å². The van der Waals surface area contributed by atoms with E-state index in [0.717, 1.165) is 36.2 Å². The highest BCUT2D eigenvalue weighted by Crippen LogP contribution is 2.37. The molecule has 4 heteroatoms. The van der Waals surface area contributed by atoms with Gasteiger partial charge >= 0.3 is 0 Å². The van der Waals surface area contributed by atoms with Gasteiger partial charge < -0.3 is 10.2 Å². The average molecular weight is 309 g/mol. The molecule has 0 bridgehead atoms. The van der Waals surface area contributed by atoms with Gasteiger partial charge in [0.2, 0.25) is 0 Å². The summed E-state index contributed by atoms with van der Waals surface area (Å²) >= 11 is 3.39. The van der Waals surface area contributed by atoms with Crippen LogP contribution in [0.1, 0.15) is 23.2 Å².